The van der Waals surface area contributed by atoms with Gasteiger partial charge >= 0.3 is 12.1 Å². The van der Waals surface area contributed by atoms with Gasteiger partial charge in [-0.05, 0) is 42.7 Å². The van der Waals surface area contributed by atoms with E-state index in [4.69, 9.17) is 9.47 Å². The SMILES string of the molecule is O=C(O)c1c(CCCOc2cccc3ccccc23)c2cccc3c2n1CCCCOCc1[nH]nc(C(F)(F)F)c1-3. The molecule has 1 aliphatic heterocycles. The molecule has 7 nitrogen and oxygen atoms in total. The van der Waals surface area contributed by atoms with Crippen LogP contribution in [0.4, 0.5) is 13.2 Å². The number of benzene rings is 3. The van der Waals surface area contributed by atoms with Gasteiger partial charge in [-0.25, -0.2) is 4.79 Å². The van der Waals surface area contributed by atoms with Gasteiger partial charge in [0.1, 0.15) is 11.4 Å². The second-order valence-electron chi connectivity index (χ2n) is 10.1. The topological polar surface area (TPSA) is 89.4 Å². The summed E-state index contributed by atoms with van der Waals surface area (Å²) >= 11 is 0. The van der Waals surface area contributed by atoms with Crippen molar-refractivity contribution < 1.29 is 32.5 Å². The average Bonchev–Trinajstić information content (AvgIpc) is 3.51. The number of rotatable bonds is 6. The fourth-order valence-electron chi connectivity index (χ4n) is 5.78. The highest BCUT2D eigenvalue weighted by Gasteiger charge is 2.39. The first-order valence-electron chi connectivity index (χ1n) is 13.5. The zero-order valence-corrected chi connectivity index (χ0v) is 22.1. The number of carbonyl (C=O) groups is 1. The van der Waals surface area contributed by atoms with Crippen LogP contribution in [-0.4, -0.2) is 39.1 Å². The average molecular weight is 564 g/mol. The first-order chi connectivity index (χ1) is 19.8. The van der Waals surface area contributed by atoms with Crippen LogP contribution in [0.25, 0.3) is 32.8 Å². The number of para-hydroxylation sites is 1. The molecular formula is C31H28F3N3O4. The maximum absolute atomic E-state index is 14.1. The van der Waals surface area contributed by atoms with E-state index in [1.807, 2.05) is 42.5 Å². The van der Waals surface area contributed by atoms with Crippen LogP contribution in [0.15, 0.2) is 60.7 Å². The fraction of sp³-hybridized carbons (Fsp3) is 0.290. The minimum Gasteiger partial charge on any atom is -0.493 e. The quantitative estimate of drug-likeness (QED) is 0.213. The smallest absolute Gasteiger partial charge is 0.435 e. The molecule has 0 saturated heterocycles. The molecule has 0 aliphatic carbocycles. The molecule has 10 heteroatoms. The number of H-pyrrole nitrogens is 1. The minimum atomic E-state index is -4.71. The van der Waals surface area contributed by atoms with E-state index in [0.717, 1.165) is 16.5 Å². The lowest BCUT2D eigenvalue weighted by atomic mass is 9.98. The number of aromatic amines is 1. The van der Waals surface area contributed by atoms with Gasteiger partial charge in [-0.1, -0.05) is 54.6 Å². The van der Waals surface area contributed by atoms with E-state index in [2.05, 4.69) is 10.2 Å². The molecule has 0 spiro atoms. The van der Waals surface area contributed by atoms with Crippen molar-refractivity contribution in [3.05, 3.63) is 83.3 Å². The van der Waals surface area contributed by atoms with E-state index < -0.39 is 17.8 Å². The molecule has 41 heavy (non-hydrogen) atoms. The van der Waals surface area contributed by atoms with Gasteiger partial charge < -0.3 is 19.1 Å². The first kappa shape index (κ1) is 26.9. The number of carboxylic acids is 1. The summed E-state index contributed by atoms with van der Waals surface area (Å²) in [6, 6.07) is 18.8. The van der Waals surface area contributed by atoms with Gasteiger partial charge in [0.2, 0.25) is 0 Å². The standard InChI is InChI=1S/C31H28F3N3O4/c32-31(33,34)29-26-23-12-6-11-21-22(13-7-17-41-25-14-5-9-19-8-1-2-10-20(19)25)28(30(38)39)37(27(21)23)15-3-4-16-40-18-24(26)35-36-29/h1-2,5-6,8-12,14H,3-4,7,13,15-18H2,(H,35,36)(H,38,39). The molecule has 2 aromatic heterocycles. The van der Waals surface area contributed by atoms with Crippen LogP contribution in [0.3, 0.4) is 0 Å². The van der Waals surface area contributed by atoms with Crippen molar-refractivity contribution >= 4 is 27.6 Å². The van der Waals surface area contributed by atoms with Gasteiger partial charge in [0, 0.05) is 35.1 Å². The zero-order chi connectivity index (χ0) is 28.6. The molecule has 0 amide bonds. The molecule has 0 saturated carbocycles. The van der Waals surface area contributed by atoms with Gasteiger partial charge in [0.05, 0.1) is 24.4 Å². The van der Waals surface area contributed by atoms with Gasteiger partial charge in [-0.3, -0.25) is 5.10 Å². The Morgan fingerprint density at radius 3 is 2.66 bits per heavy atom. The monoisotopic (exact) mass is 563 g/mol. The number of aryl methyl sites for hydroxylation is 2. The highest BCUT2D eigenvalue weighted by molar-refractivity contribution is 6.04. The maximum atomic E-state index is 14.1. The Labute approximate surface area is 233 Å². The molecule has 6 rings (SSSR count). The van der Waals surface area contributed by atoms with Gasteiger partial charge in [0.25, 0.3) is 0 Å². The maximum Gasteiger partial charge on any atom is 0.435 e. The Bertz CT molecular complexity index is 1730. The summed E-state index contributed by atoms with van der Waals surface area (Å²) in [7, 11) is 0. The number of halogens is 3. The third-order valence-electron chi connectivity index (χ3n) is 7.51. The summed E-state index contributed by atoms with van der Waals surface area (Å²) in [6.07, 6.45) is -2.56. The van der Waals surface area contributed by atoms with Gasteiger partial charge in [0.15, 0.2) is 5.69 Å². The van der Waals surface area contributed by atoms with E-state index in [9.17, 15) is 23.1 Å². The van der Waals surface area contributed by atoms with E-state index in [1.165, 1.54) is 0 Å². The minimum absolute atomic E-state index is 0.0559. The van der Waals surface area contributed by atoms with Crippen molar-refractivity contribution in [1.29, 1.82) is 0 Å². The fourth-order valence-corrected chi connectivity index (χ4v) is 5.78. The molecule has 3 heterocycles. The summed E-state index contributed by atoms with van der Waals surface area (Å²) in [4.78, 5) is 12.7. The van der Waals surface area contributed by atoms with Crippen LogP contribution in [-0.2, 0) is 30.5 Å². The van der Waals surface area contributed by atoms with Crippen LogP contribution in [0.5, 0.6) is 5.75 Å². The molecular weight excluding hydrogens is 535 g/mol. The van der Waals surface area contributed by atoms with E-state index in [0.29, 0.717) is 61.9 Å². The van der Waals surface area contributed by atoms with Crippen LogP contribution in [0.1, 0.15) is 46.7 Å². The second-order valence-corrected chi connectivity index (χ2v) is 10.1. The summed E-state index contributed by atoms with van der Waals surface area (Å²) in [5.74, 6) is -0.373. The number of alkyl halides is 3. The predicted octanol–water partition coefficient (Wildman–Crippen LogP) is 7.22. The van der Waals surface area contributed by atoms with E-state index >= 15 is 0 Å². The van der Waals surface area contributed by atoms with Gasteiger partial charge in [-0.15, -0.1) is 0 Å². The van der Waals surface area contributed by atoms with Crippen molar-refractivity contribution in [2.45, 2.75) is 45.0 Å². The number of aromatic carboxylic acids is 1. The molecule has 212 valence electrons. The lowest BCUT2D eigenvalue weighted by Crippen LogP contribution is -2.12. The third kappa shape index (κ3) is 5.04. The number of aromatic nitrogens is 3. The Hall–Kier alpha value is -4.31. The van der Waals surface area contributed by atoms with Crippen LogP contribution >= 0.6 is 0 Å². The number of hydrogen-bond donors (Lipinski definition) is 2. The number of ether oxygens (including phenoxy) is 2. The van der Waals surface area contributed by atoms with Crippen LogP contribution in [0.2, 0.25) is 0 Å². The van der Waals surface area contributed by atoms with Crippen molar-refractivity contribution in [3.63, 3.8) is 0 Å². The number of nitrogens with zero attached hydrogens (tertiary/aromatic N) is 2. The lowest BCUT2D eigenvalue weighted by Gasteiger charge is -2.13. The van der Waals surface area contributed by atoms with E-state index in [-0.39, 0.29) is 29.1 Å². The Morgan fingerprint density at radius 1 is 1.05 bits per heavy atom. The van der Waals surface area contributed by atoms with Crippen LogP contribution < -0.4 is 4.74 Å². The molecule has 1 aliphatic rings. The van der Waals surface area contributed by atoms with E-state index in [1.54, 1.807) is 22.8 Å². The number of carboxylic acid groups (broad SMARTS) is 1. The summed E-state index contributed by atoms with van der Waals surface area (Å²) in [5.41, 5.74) is 0.485. The summed E-state index contributed by atoms with van der Waals surface area (Å²) in [6.45, 7) is 0.960. The first-order valence-corrected chi connectivity index (χ1v) is 13.5. The third-order valence-corrected chi connectivity index (χ3v) is 7.51. The van der Waals surface area contributed by atoms with Crippen molar-refractivity contribution in [2.75, 3.05) is 13.2 Å². The van der Waals surface area contributed by atoms with Crippen molar-refractivity contribution in [2.24, 2.45) is 0 Å². The second kappa shape index (κ2) is 10.9. The highest BCUT2D eigenvalue weighted by Crippen LogP contribution is 2.42. The predicted molar refractivity (Wildman–Crippen MR) is 148 cm³/mol. The molecule has 0 unspecified atom stereocenters. The number of nitrogens with one attached hydrogen (secondary N) is 1. The molecule has 0 radical (unpaired) electrons. The van der Waals surface area contributed by atoms with Gasteiger partial charge in [-0.2, -0.15) is 18.3 Å². The molecule has 3 aromatic carbocycles. The lowest BCUT2D eigenvalue weighted by molar-refractivity contribution is -0.140. The summed E-state index contributed by atoms with van der Waals surface area (Å²) < 4.78 is 55.6. The molecule has 0 bridgehead atoms. The summed E-state index contributed by atoms with van der Waals surface area (Å²) in [5, 5.41) is 19.1. The molecule has 0 fully saturated rings. The van der Waals surface area contributed by atoms with Crippen molar-refractivity contribution in [3.8, 4) is 16.9 Å². The van der Waals surface area contributed by atoms with Crippen molar-refractivity contribution in [1.82, 2.24) is 14.8 Å². The largest absolute Gasteiger partial charge is 0.493 e. The number of hydrogen-bond acceptors (Lipinski definition) is 4. The van der Waals surface area contributed by atoms with Crippen LogP contribution in [0, 0.1) is 0 Å². The normalized spacial score (nSPS) is 14.1. The highest BCUT2D eigenvalue weighted by atomic mass is 19.4. The Morgan fingerprint density at radius 2 is 1.83 bits per heavy atom. The Kier molecular flexibility index (Phi) is 7.17. The molecule has 5 aromatic rings. The molecule has 2 N–H and O–H groups in total. The Balaban J connectivity index is 1.42. The molecule has 0 atom stereocenters. The number of fused-ring (bicyclic) bond motifs is 3. The zero-order valence-electron chi connectivity index (χ0n) is 22.1.